The van der Waals surface area contributed by atoms with Gasteiger partial charge in [-0.3, -0.25) is 4.79 Å². The maximum Gasteiger partial charge on any atom is 0.279 e. The SMILES string of the molecule is CNC(=O)SC(C=O)C(C)C. The zero-order valence-electron chi connectivity index (χ0n) is 6.96. The van der Waals surface area contributed by atoms with Crippen molar-refractivity contribution in [1.82, 2.24) is 5.32 Å². The van der Waals surface area contributed by atoms with Crippen LogP contribution >= 0.6 is 11.8 Å². The topological polar surface area (TPSA) is 46.2 Å². The first-order valence-electron chi connectivity index (χ1n) is 3.45. The first-order chi connectivity index (χ1) is 5.11. The maximum atomic E-state index is 10.8. The van der Waals surface area contributed by atoms with Gasteiger partial charge in [-0.25, -0.2) is 0 Å². The van der Waals surface area contributed by atoms with Crippen LogP contribution in [0.15, 0.2) is 0 Å². The number of thioether (sulfide) groups is 1. The van der Waals surface area contributed by atoms with Gasteiger partial charge in [0.1, 0.15) is 6.29 Å². The van der Waals surface area contributed by atoms with Crippen LogP contribution in [0.4, 0.5) is 4.79 Å². The van der Waals surface area contributed by atoms with Gasteiger partial charge in [-0.05, 0) is 5.92 Å². The molecule has 1 atom stereocenters. The molecule has 0 aromatic rings. The maximum absolute atomic E-state index is 10.8. The summed E-state index contributed by atoms with van der Waals surface area (Å²) in [4.78, 5) is 21.2. The lowest BCUT2D eigenvalue weighted by Gasteiger charge is -2.11. The van der Waals surface area contributed by atoms with E-state index in [9.17, 15) is 9.59 Å². The molecule has 0 bridgehead atoms. The average molecular weight is 175 g/mol. The highest BCUT2D eigenvalue weighted by Gasteiger charge is 2.15. The summed E-state index contributed by atoms with van der Waals surface area (Å²) in [6.45, 7) is 3.82. The molecule has 0 rings (SSSR count). The second-order valence-electron chi connectivity index (χ2n) is 2.50. The van der Waals surface area contributed by atoms with E-state index in [4.69, 9.17) is 0 Å². The van der Waals surface area contributed by atoms with Crippen molar-refractivity contribution in [2.45, 2.75) is 19.1 Å². The van der Waals surface area contributed by atoms with E-state index in [1.807, 2.05) is 13.8 Å². The molecule has 0 radical (unpaired) electrons. The number of carbonyl (C=O) groups excluding carboxylic acids is 2. The number of amides is 1. The molecule has 0 fully saturated rings. The van der Waals surface area contributed by atoms with Crippen molar-refractivity contribution in [3.8, 4) is 0 Å². The summed E-state index contributed by atoms with van der Waals surface area (Å²) in [5, 5.41) is 2.07. The molecular weight excluding hydrogens is 162 g/mol. The van der Waals surface area contributed by atoms with E-state index in [2.05, 4.69) is 5.32 Å². The second-order valence-corrected chi connectivity index (χ2v) is 3.65. The molecule has 0 aromatic carbocycles. The van der Waals surface area contributed by atoms with Crippen LogP contribution in [0.2, 0.25) is 0 Å². The number of aldehydes is 1. The van der Waals surface area contributed by atoms with E-state index >= 15 is 0 Å². The quantitative estimate of drug-likeness (QED) is 0.657. The number of hydrogen-bond donors (Lipinski definition) is 1. The lowest BCUT2D eigenvalue weighted by atomic mass is 10.1. The first-order valence-corrected chi connectivity index (χ1v) is 4.33. The molecule has 3 nitrogen and oxygen atoms in total. The van der Waals surface area contributed by atoms with E-state index in [0.29, 0.717) is 0 Å². The summed E-state index contributed by atoms with van der Waals surface area (Å²) in [5.41, 5.74) is 0. The third-order valence-corrected chi connectivity index (χ3v) is 2.58. The predicted molar refractivity (Wildman–Crippen MR) is 46.7 cm³/mol. The Bertz CT molecular complexity index is 147. The molecule has 0 saturated carbocycles. The molecule has 11 heavy (non-hydrogen) atoms. The van der Waals surface area contributed by atoms with E-state index < -0.39 is 0 Å². The van der Waals surface area contributed by atoms with Gasteiger partial charge in [0.15, 0.2) is 0 Å². The van der Waals surface area contributed by atoms with Crippen molar-refractivity contribution in [3.63, 3.8) is 0 Å². The third kappa shape index (κ3) is 4.03. The van der Waals surface area contributed by atoms with Gasteiger partial charge in [-0.15, -0.1) is 0 Å². The average Bonchev–Trinajstić information content (AvgIpc) is 1.99. The molecule has 0 aliphatic carbocycles. The molecule has 0 aliphatic heterocycles. The summed E-state index contributed by atoms with van der Waals surface area (Å²) in [6, 6.07) is 0. The Morgan fingerprint density at radius 3 is 2.36 bits per heavy atom. The largest absolute Gasteiger partial charge is 0.350 e. The predicted octanol–water partition coefficient (Wildman–Crippen LogP) is 1.28. The van der Waals surface area contributed by atoms with Gasteiger partial charge in [0.25, 0.3) is 5.24 Å². The van der Waals surface area contributed by atoms with Crippen LogP contribution in [-0.2, 0) is 4.79 Å². The molecule has 1 N–H and O–H groups in total. The fourth-order valence-corrected chi connectivity index (χ4v) is 1.20. The van der Waals surface area contributed by atoms with Crippen LogP contribution in [0.25, 0.3) is 0 Å². The molecule has 0 heterocycles. The summed E-state index contributed by atoms with van der Waals surface area (Å²) >= 11 is 1.03. The van der Waals surface area contributed by atoms with Gasteiger partial charge in [-0.2, -0.15) is 0 Å². The molecule has 0 aliphatic rings. The monoisotopic (exact) mass is 175 g/mol. The fraction of sp³-hybridized carbons (Fsp3) is 0.714. The number of carbonyl (C=O) groups is 2. The number of rotatable bonds is 3. The Hall–Kier alpha value is -0.510. The summed E-state index contributed by atoms with van der Waals surface area (Å²) < 4.78 is 0. The lowest BCUT2D eigenvalue weighted by molar-refractivity contribution is -0.107. The molecule has 0 spiro atoms. The smallest absolute Gasteiger partial charge is 0.279 e. The van der Waals surface area contributed by atoms with Crippen LogP contribution in [0.3, 0.4) is 0 Å². The molecule has 1 unspecified atom stereocenters. The number of nitrogens with one attached hydrogen (secondary N) is 1. The normalized spacial score (nSPS) is 12.7. The van der Waals surface area contributed by atoms with Gasteiger partial charge in [0, 0.05) is 7.05 Å². The van der Waals surface area contributed by atoms with Crippen molar-refractivity contribution in [1.29, 1.82) is 0 Å². The molecule has 0 aromatic heterocycles. The van der Waals surface area contributed by atoms with Crippen molar-refractivity contribution < 1.29 is 9.59 Å². The molecular formula is C7H13NO2S. The number of hydrogen-bond acceptors (Lipinski definition) is 3. The second kappa shape index (κ2) is 5.18. The van der Waals surface area contributed by atoms with Gasteiger partial charge in [0.05, 0.1) is 5.25 Å². The van der Waals surface area contributed by atoms with Gasteiger partial charge < -0.3 is 10.1 Å². The Balaban J connectivity index is 3.87. The summed E-state index contributed by atoms with van der Waals surface area (Å²) in [6.07, 6.45) is 0.810. The minimum Gasteiger partial charge on any atom is -0.350 e. The van der Waals surface area contributed by atoms with Gasteiger partial charge >= 0.3 is 0 Å². The lowest BCUT2D eigenvalue weighted by Crippen LogP contribution is -2.20. The zero-order valence-corrected chi connectivity index (χ0v) is 7.77. The Morgan fingerprint density at radius 2 is 2.09 bits per heavy atom. The first kappa shape index (κ1) is 10.5. The minimum absolute atomic E-state index is 0.157. The van der Waals surface area contributed by atoms with Crippen molar-refractivity contribution in [2.75, 3.05) is 7.05 Å². The molecule has 64 valence electrons. The van der Waals surface area contributed by atoms with Crippen LogP contribution in [-0.4, -0.2) is 23.8 Å². The van der Waals surface area contributed by atoms with Gasteiger partial charge in [0.2, 0.25) is 0 Å². The van der Waals surface area contributed by atoms with E-state index in [1.165, 1.54) is 0 Å². The fourth-order valence-electron chi connectivity index (χ4n) is 0.504. The van der Waals surface area contributed by atoms with Crippen molar-refractivity contribution >= 4 is 23.3 Å². The van der Waals surface area contributed by atoms with Crippen LogP contribution in [0.5, 0.6) is 0 Å². The summed E-state index contributed by atoms with van der Waals surface area (Å²) in [7, 11) is 1.55. The third-order valence-electron chi connectivity index (χ3n) is 1.24. The van der Waals surface area contributed by atoms with E-state index in [1.54, 1.807) is 7.05 Å². The Morgan fingerprint density at radius 1 is 1.55 bits per heavy atom. The van der Waals surface area contributed by atoms with Gasteiger partial charge in [-0.1, -0.05) is 25.6 Å². The van der Waals surface area contributed by atoms with Crippen molar-refractivity contribution in [2.24, 2.45) is 5.92 Å². The Kier molecular flexibility index (Phi) is 4.94. The van der Waals surface area contributed by atoms with Crippen molar-refractivity contribution in [3.05, 3.63) is 0 Å². The van der Waals surface area contributed by atoms with Crippen LogP contribution in [0.1, 0.15) is 13.8 Å². The van der Waals surface area contributed by atoms with E-state index in [0.717, 1.165) is 18.0 Å². The van der Waals surface area contributed by atoms with Crippen LogP contribution in [0, 0.1) is 5.92 Å². The molecule has 1 amide bonds. The highest BCUT2D eigenvalue weighted by Crippen LogP contribution is 2.17. The Labute approximate surface area is 70.9 Å². The van der Waals surface area contributed by atoms with E-state index in [-0.39, 0.29) is 16.4 Å². The van der Waals surface area contributed by atoms with Crippen LogP contribution < -0.4 is 5.32 Å². The summed E-state index contributed by atoms with van der Waals surface area (Å²) in [5.74, 6) is 0.204. The molecule has 0 saturated heterocycles. The highest BCUT2D eigenvalue weighted by atomic mass is 32.2. The highest BCUT2D eigenvalue weighted by molar-refractivity contribution is 8.14. The molecule has 4 heteroatoms. The standard InChI is InChI=1S/C7H13NO2S/c1-5(2)6(4-9)11-7(10)8-3/h4-6H,1-3H3,(H,8,10). The zero-order chi connectivity index (χ0) is 8.85. The minimum atomic E-state index is -0.227.